The Labute approximate surface area is 105 Å². The van der Waals surface area contributed by atoms with Gasteiger partial charge in [-0.15, -0.1) is 0 Å². The molecule has 0 saturated heterocycles. The zero-order valence-corrected chi connectivity index (χ0v) is 11.8. The maximum Gasteiger partial charge on any atom is 0.0653 e. The average Bonchev–Trinajstić information content (AvgIpc) is 2.14. The van der Waals surface area contributed by atoms with Gasteiger partial charge in [-0.05, 0) is 70.1 Å². The van der Waals surface area contributed by atoms with Gasteiger partial charge in [-0.2, -0.15) is 0 Å². The van der Waals surface area contributed by atoms with E-state index in [-0.39, 0.29) is 0 Å². The lowest BCUT2D eigenvalue weighted by molar-refractivity contribution is -0.143. The largest absolute Gasteiger partial charge is 0.390 e. The van der Waals surface area contributed by atoms with E-state index in [2.05, 4.69) is 6.92 Å². The fraction of sp³-hybridized carbons (Fsp3) is 1.00. The third-order valence-corrected chi connectivity index (χ3v) is 5.61. The van der Waals surface area contributed by atoms with Crippen LogP contribution in [0.15, 0.2) is 0 Å². The van der Waals surface area contributed by atoms with Crippen molar-refractivity contribution in [2.24, 2.45) is 17.3 Å². The first-order chi connectivity index (χ1) is 7.65. The molecule has 0 aromatic heterocycles. The third-order valence-electron chi connectivity index (χ3n) is 5.61. The molecule has 1 unspecified atom stereocenters. The highest BCUT2D eigenvalue weighted by Crippen LogP contribution is 2.56. The van der Waals surface area contributed by atoms with Gasteiger partial charge < -0.3 is 10.2 Å². The summed E-state index contributed by atoms with van der Waals surface area (Å²) in [5.41, 5.74) is -0.838. The summed E-state index contributed by atoms with van der Waals surface area (Å²) in [6.07, 6.45) is 6.55. The Morgan fingerprint density at radius 1 is 1.12 bits per heavy atom. The van der Waals surface area contributed by atoms with Crippen molar-refractivity contribution in [2.75, 3.05) is 0 Å². The smallest absolute Gasteiger partial charge is 0.0653 e. The molecule has 0 amide bonds. The summed E-state index contributed by atoms with van der Waals surface area (Å²) in [5, 5.41) is 20.8. The van der Waals surface area contributed by atoms with Gasteiger partial charge in [0.25, 0.3) is 0 Å². The lowest BCUT2D eigenvalue weighted by Gasteiger charge is -2.55. The molecule has 100 valence electrons. The second kappa shape index (κ2) is 3.96. The van der Waals surface area contributed by atoms with E-state index in [1.165, 1.54) is 6.42 Å². The van der Waals surface area contributed by atoms with Crippen molar-refractivity contribution in [2.45, 2.75) is 77.4 Å². The number of aliphatic hydroxyl groups is 2. The Morgan fingerprint density at radius 2 is 1.76 bits per heavy atom. The second-order valence-corrected chi connectivity index (χ2v) is 7.54. The molecule has 0 heterocycles. The third kappa shape index (κ3) is 2.39. The SMILES string of the molecule is CC(C)(O)C1CC[C@@]2(C)CCC[C@@](C)(O)[C@@H]2C1. The molecule has 0 aromatic rings. The Balaban J connectivity index is 2.20. The highest BCUT2D eigenvalue weighted by molar-refractivity contribution is 5.03. The molecule has 2 aliphatic rings. The van der Waals surface area contributed by atoms with Crippen molar-refractivity contribution >= 4 is 0 Å². The van der Waals surface area contributed by atoms with Crippen LogP contribution in [0.4, 0.5) is 0 Å². The predicted octanol–water partition coefficient (Wildman–Crippen LogP) is 3.11. The van der Waals surface area contributed by atoms with Crippen LogP contribution in [-0.2, 0) is 0 Å². The summed E-state index contributed by atoms with van der Waals surface area (Å²) in [5.74, 6) is 0.694. The van der Waals surface area contributed by atoms with Crippen molar-refractivity contribution in [1.82, 2.24) is 0 Å². The zero-order chi connectivity index (χ0) is 12.9. The summed E-state index contributed by atoms with van der Waals surface area (Å²) >= 11 is 0. The van der Waals surface area contributed by atoms with Crippen LogP contribution in [0.25, 0.3) is 0 Å². The predicted molar refractivity (Wildman–Crippen MR) is 69.7 cm³/mol. The Hall–Kier alpha value is -0.0800. The Morgan fingerprint density at radius 3 is 2.35 bits per heavy atom. The Kier molecular flexibility index (Phi) is 3.11. The molecule has 2 saturated carbocycles. The molecular weight excluding hydrogens is 212 g/mol. The molecule has 2 heteroatoms. The molecule has 2 fully saturated rings. The van der Waals surface area contributed by atoms with Crippen LogP contribution in [0, 0.1) is 17.3 Å². The molecular formula is C15H28O2. The van der Waals surface area contributed by atoms with Crippen LogP contribution in [0.2, 0.25) is 0 Å². The summed E-state index contributed by atoms with van der Waals surface area (Å²) in [4.78, 5) is 0. The minimum atomic E-state index is -0.602. The van der Waals surface area contributed by atoms with Crippen LogP contribution in [-0.4, -0.2) is 21.4 Å². The fourth-order valence-electron chi connectivity index (χ4n) is 4.33. The number of rotatable bonds is 1. The van der Waals surface area contributed by atoms with Crippen LogP contribution < -0.4 is 0 Å². The minimum absolute atomic E-state index is 0.295. The molecule has 2 nitrogen and oxygen atoms in total. The number of hydrogen-bond donors (Lipinski definition) is 2. The molecule has 2 rings (SSSR count). The van der Waals surface area contributed by atoms with Gasteiger partial charge in [-0.25, -0.2) is 0 Å². The van der Waals surface area contributed by atoms with E-state index in [1.807, 2.05) is 20.8 Å². The molecule has 0 bridgehead atoms. The lowest BCUT2D eigenvalue weighted by Crippen LogP contribution is -2.53. The van der Waals surface area contributed by atoms with Crippen molar-refractivity contribution in [1.29, 1.82) is 0 Å². The highest BCUT2D eigenvalue weighted by Gasteiger charge is 2.52. The van der Waals surface area contributed by atoms with Crippen molar-refractivity contribution < 1.29 is 10.2 Å². The topological polar surface area (TPSA) is 40.5 Å². The lowest BCUT2D eigenvalue weighted by atomic mass is 9.52. The van der Waals surface area contributed by atoms with Crippen LogP contribution >= 0.6 is 0 Å². The summed E-state index contributed by atoms with van der Waals surface area (Å²) in [6, 6.07) is 0. The quantitative estimate of drug-likeness (QED) is 0.739. The zero-order valence-electron chi connectivity index (χ0n) is 11.8. The number of hydrogen-bond acceptors (Lipinski definition) is 2. The fourth-order valence-corrected chi connectivity index (χ4v) is 4.33. The molecule has 0 spiro atoms. The van der Waals surface area contributed by atoms with Gasteiger partial charge in [0, 0.05) is 0 Å². The first-order valence-corrected chi connectivity index (χ1v) is 7.10. The summed E-state index contributed by atoms with van der Waals surface area (Å²) in [6.45, 7) is 8.17. The van der Waals surface area contributed by atoms with Crippen molar-refractivity contribution in [3.63, 3.8) is 0 Å². The Bertz CT molecular complexity index is 290. The molecule has 2 N–H and O–H groups in total. The van der Waals surface area contributed by atoms with E-state index in [0.717, 1.165) is 32.1 Å². The second-order valence-electron chi connectivity index (χ2n) is 7.54. The highest BCUT2D eigenvalue weighted by atomic mass is 16.3. The maximum atomic E-state index is 10.6. The van der Waals surface area contributed by atoms with Gasteiger partial charge in [0.2, 0.25) is 0 Å². The standard InChI is InChI=1S/C15H28O2/c1-13(2,16)11-6-9-14(3)7-5-8-15(4,17)12(14)10-11/h11-12,16-17H,5-10H2,1-4H3/t11?,12-,14-,15-/m1/s1. The van der Waals surface area contributed by atoms with E-state index in [9.17, 15) is 10.2 Å². The van der Waals surface area contributed by atoms with E-state index in [0.29, 0.717) is 17.3 Å². The van der Waals surface area contributed by atoms with Crippen molar-refractivity contribution in [3.05, 3.63) is 0 Å². The first-order valence-electron chi connectivity index (χ1n) is 7.10. The van der Waals surface area contributed by atoms with Gasteiger partial charge in [0.1, 0.15) is 0 Å². The van der Waals surface area contributed by atoms with Crippen LogP contribution in [0.3, 0.4) is 0 Å². The van der Waals surface area contributed by atoms with Gasteiger partial charge in [-0.1, -0.05) is 13.3 Å². The maximum absolute atomic E-state index is 10.6. The molecule has 0 aliphatic heterocycles. The van der Waals surface area contributed by atoms with Gasteiger partial charge in [0.15, 0.2) is 0 Å². The summed E-state index contributed by atoms with van der Waals surface area (Å²) < 4.78 is 0. The van der Waals surface area contributed by atoms with E-state index in [1.54, 1.807) is 0 Å². The minimum Gasteiger partial charge on any atom is -0.390 e. The van der Waals surface area contributed by atoms with Crippen LogP contribution in [0.1, 0.15) is 66.2 Å². The summed E-state index contributed by atoms with van der Waals surface area (Å²) in [7, 11) is 0. The molecule has 17 heavy (non-hydrogen) atoms. The van der Waals surface area contributed by atoms with E-state index < -0.39 is 11.2 Å². The van der Waals surface area contributed by atoms with Crippen LogP contribution in [0.5, 0.6) is 0 Å². The van der Waals surface area contributed by atoms with E-state index in [4.69, 9.17) is 0 Å². The first kappa shape index (κ1) is 13.4. The molecule has 0 aromatic carbocycles. The van der Waals surface area contributed by atoms with E-state index >= 15 is 0 Å². The van der Waals surface area contributed by atoms with Gasteiger partial charge in [0.05, 0.1) is 11.2 Å². The normalized spacial score (nSPS) is 47.6. The van der Waals surface area contributed by atoms with Crippen molar-refractivity contribution in [3.8, 4) is 0 Å². The monoisotopic (exact) mass is 240 g/mol. The average molecular weight is 240 g/mol. The molecule has 0 radical (unpaired) electrons. The molecule has 4 atom stereocenters. The number of fused-ring (bicyclic) bond motifs is 1. The van der Waals surface area contributed by atoms with Gasteiger partial charge >= 0.3 is 0 Å². The van der Waals surface area contributed by atoms with Gasteiger partial charge in [-0.3, -0.25) is 0 Å². The molecule has 2 aliphatic carbocycles.